The van der Waals surface area contributed by atoms with E-state index in [0.717, 1.165) is 36.8 Å². The zero-order valence-electron chi connectivity index (χ0n) is 21.7. The molecule has 1 atom stereocenters. The van der Waals surface area contributed by atoms with Crippen molar-refractivity contribution < 1.29 is 23.9 Å². The standard InChI is InChI=1S/C30H36N2O5/c1-3-36-30(35)29-21(2)32(19-27(33)31-24-12-8-5-9-13-24)28(34)18-26(29)23-14-16-25(17-15-23)37-20-22-10-6-4-7-11-22/h4,6-7,10-11,14-17,24,26H,3,5,8-9,12-13,18-20H2,1-2H3,(H,31,33)/t26-/m0/s1. The fourth-order valence-corrected chi connectivity index (χ4v) is 5.16. The average Bonchev–Trinajstić information content (AvgIpc) is 2.91. The molecule has 1 N–H and O–H groups in total. The van der Waals surface area contributed by atoms with Gasteiger partial charge in [-0.25, -0.2) is 4.79 Å². The Balaban J connectivity index is 1.50. The minimum Gasteiger partial charge on any atom is -0.489 e. The molecule has 2 aromatic carbocycles. The first kappa shape index (κ1) is 26.5. The molecule has 1 aliphatic carbocycles. The van der Waals surface area contributed by atoms with Crippen LogP contribution in [-0.2, 0) is 25.7 Å². The second kappa shape index (κ2) is 12.6. The minimum absolute atomic E-state index is 0.0897. The third-order valence-electron chi connectivity index (χ3n) is 7.12. The van der Waals surface area contributed by atoms with Crippen LogP contribution in [0.15, 0.2) is 65.9 Å². The number of carbonyl (C=O) groups is 3. The minimum atomic E-state index is -0.459. The maximum Gasteiger partial charge on any atom is 0.336 e. The van der Waals surface area contributed by atoms with Crippen molar-refractivity contribution >= 4 is 17.8 Å². The largest absolute Gasteiger partial charge is 0.489 e. The molecule has 2 amide bonds. The lowest BCUT2D eigenvalue weighted by atomic mass is 9.83. The number of benzene rings is 2. The van der Waals surface area contributed by atoms with E-state index in [2.05, 4.69) is 5.32 Å². The summed E-state index contributed by atoms with van der Waals surface area (Å²) in [5, 5.41) is 3.06. The number of ether oxygens (including phenoxy) is 2. The van der Waals surface area contributed by atoms with Gasteiger partial charge in [-0.1, -0.05) is 61.7 Å². The topological polar surface area (TPSA) is 84.9 Å². The number of nitrogens with one attached hydrogen (secondary N) is 1. The molecule has 7 nitrogen and oxygen atoms in total. The van der Waals surface area contributed by atoms with E-state index < -0.39 is 11.9 Å². The monoisotopic (exact) mass is 504 g/mol. The summed E-state index contributed by atoms with van der Waals surface area (Å²) < 4.78 is 11.3. The van der Waals surface area contributed by atoms with Gasteiger partial charge in [-0.15, -0.1) is 0 Å². The number of hydrogen-bond donors (Lipinski definition) is 1. The Morgan fingerprint density at radius 3 is 2.38 bits per heavy atom. The Labute approximate surface area is 218 Å². The summed E-state index contributed by atoms with van der Waals surface area (Å²) in [4.78, 5) is 40.4. The highest BCUT2D eigenvalue weighted by molar-refractivity contribution is 5.97. The number of hydrogen-bond acceptors (Lipinski definition) is 5. The van der Waals surface area contributed by atoms with Crippen LogP contribution in [-0.4, -0.2) is 41.9 Å². The second-order valence-electron chi connectivity index (χ2n) is 9.70. The molecule has 0 radical (unpaired) electrons. The molecule has 2 aliphatic rings. The summed E-state index contributed by atoms with van der Waals surface area (Å²) in [5.41, 5.74) is 2.79. The summed E-state index contributed by atoms with van der Waals surface area (Å²) in [5.74, 6) is -0.582. The SMILES string of the molecule is CCOC(=O)C1=C(C)N(CC(=O)NC2CCCCC2)C(=O)C[C@H]1c1ccc(OCc2ccccc2)cc1. The third kappa shape index (κ3) is 6.79. The van der Waals surface area contributed by atoms with Gasteiger partial charge in [0.1, 0.15) is 18.9 Å². The second-order valence-corrected chi connectivity index (χ2v) is 9.70. The van der Waals surface area contributed by atoms with Crippen LogP contribution in [0.2, 0.25) is 0 Å². The van der Waals surface area contributed by atoms with E-state index in [1.54, 1.807) is 13.8 Å². The maximum absolute atomic E-state index is 13.2. The lowest BCUT2D eigenvalue weighted by Crippen LogP contribution is -2.46. The van der Waals surface area contributed by atoms with E-state index in [-0.39, 0.29) is 37.4 Å². The van der Waals surface area contributed by atoms with Crippen LogP contribution < -0.4 is 10.1 Å². The van der Waals surface area contributed by atoms with Gasteiger partial charge in [-0.05, 0) is 49.9 Å². The molecule has 1 fully saturated rings. The lowest BCUT2D eigenvalue weighted by Gasteiger charge is -2.34. The summed E-state index contributed by atoms with van der Waals surface area (Å²) in [7, 11) is 0. The molecule has 4 rings (SSSR count). The van der Waals surface area contributed by atoms with E-state index >= 15 is 0 Å². The third-order valence-corrected chi connectivity index (χ3v) is 7.12. The van der Waals surface area contributed by atoms with Crippen molar-refractivity contribution in [3.63, 3.8) is 0 Å². The van der Waals surface area contributed by atoms with Gasteiger partial charge in [0.25, 0.3) is 0 Å². The molecule has 37 heavy (non-hydrogen) atoms. The van der Waals surface area contributed by atoms with Gasteiger partial charge in [0, 0.05) is 24.1 Å². The molecule has 0 unspecified atom stereocenters. The molecule has 7 heteroatoms. The van der Waals surface area contributed by atoms with Gasteiger partial charge in [0.15, 0.2) is 0 Å². The van der Waals surface area contributed by atoms with E-state index in [1.165, 1.54) is 11.3 Å². The molecule has 2 aromatic rings. The molecule has 0 spiro atoms. The van der Waals surface area contributed by atoms with Crippen LogP contribution in [0.3, 0.4) is 0 Å². The molecule has 1 saturated carbocycles. The van der Waals surface area contributed by atoms with Gasteiger partial charge in [-0.3, -0.25) is 9.59 Å². The number of esters is 1. The zero-order valence-corrected chi connectivity index (χ0v) is 21.7. The molecule has 196 valence electrons. The zero-order chi connectivity index (χ0) is 26.2. The Morgan fingerprint density at radius 1 is 1.00 bits per heavy atom. The first-order valence-electron chi connectivity index (χ1n) is 13.2. The molecular formula is C30H36N2O5. The van der Waals surface area contributed by atoms with Crippen molar-refractivity contribution in [1.82, 2.24) is 10.2 Å². The van der Waals surface area contributed by atoms with Gasteiger partial charge in [0.2, 0.25) is 11.8 Å². The number of allylic oxidation sites excluding steroid dienone is 1. The first-order valence-corrected chi connectivity index (χ1v) is 13.2. The number of carbonyl (C=O) groups excluding carboxylic acids is 3. The summed E-state index contributed by atoms with van der Waals surface area (Å²) in [6.07, 6.45) is 5.44. The van der Waals surface area contributed by atoms with Crippen molar-refractivity contribution in [3.05, 3.63) is 77.0 Å². The van der Waals surface area contributed by atoms with E-state index in [9.17, 15) is 14.4 Å². The highest BCUT2D eigenvalue weighted by Crippen LogP contribution is 2.37. The van der Waals surface area contributed by atoms with Gasteiger partial charge in [0.05, 0.1) is 12.2 Å². The normalized spacial score (nSPS) is 18.5. The number of rotatable bonds is 9. The highest BCUT2D eigenvalue weighted by Gasteiger charge is 2.37. The molecule has 1 heterocycles. The van der Waals surface area contributed by atoms with Crippen LogP contribution >= 0.6 is 0 Å². The summed E-state index contributed by atoms with van der Waals surface area (Å²) >= 11 is 0. The molecule has 0 bridgehead atoms. The van der Waals surface area contributed by atoms with Crippen LogP contribution in [0.4, 0.5) is 0 Å². The number of amides is 2. The predicted molar refractivity (Wildman–Crippen MR) is 141 cm³/mol. The van der Waals surface area contributed by atoms with Crippen LogP contribution in [0.5, 0.6) is 5.75 Å². The van der Waals surface area contributed by atoms with E-state index in [1.807, 2.05) is 54.6 Å². The van der Waals surface area contributed by atoms with Gasteiger partial charge >= 0.3 is 5.97 Å². The Morgan fingerprint density at radius 2 is 1.70 bits per heavy atom. The lowest BCUT2D eigenvalue weighted by molar-refractivity contribution is -0.141. The molecule has 1 aliphatic heterocycles. The van der Waals surface area contributed by atoms with Crippen LogP contribution in [0.1, 0.15) is 69.4 Å². The Hall–Kier alpha value is -3.61. The van der Waals surface area contributed by atoms with Crippen LogP contribution in [0.25, 0.3) is 0 Å². The van der Waals surface area contributed by atoms with Gasteiger partial charge in [-0.2, -0.15) is 0 Å². The van der Waals surface area contributed by atoms with Crippen molar-refractivity contribution in [2.24, 2.45) is 0 Å². The van der Waals surface area contributed by atoms with E-state index in [0.29, 0.717) is 23.6 Å². The maximum atomic E-state index is 13.2. The van der Waals surface area contributed by atoms with Crippen LogP contribution in [0, 0.1) is 0 Å². The Kier molecular flexibility index (Phi) is 8.99. The fraction of sp³-hybridized carbons (Fsp3) is 0.433. The predicted octanol–water partition coefficient (Wildman–Crippen LogP) is 4.87. The molecule has 0 aromatic heterocycles. The highest BCUT2D eigenvalue weighted by atomic mass is 16.5. The van der Waals surface area contributed by atoms with Gasteiger partial charge < -0.3 is 19.7 Å². The van der Waals surface area contributed by atoms with Crippen molar-refractivity contribution in [1.29, 1.82) is 0 Å². The van der Waals surface area contributed by atoms with Crippen molar-refractivity contribution in [2.45, 2.75) is 70.9 Å². The summed E-state index contributed by atoms with van der Waals surface area (Å²) in [6, 6.07) is 17.5. The molecule has 0 saturated heterocycles. The fourth-order valence-electron chi connectivity index (χ4n) is 5.16. The van der Waals surface area contributed by atoms with E-state index in [4.69, 9.17) is 9.47 Å². The smallest absolute Gasteiger partial charge is 0.336 e. The first-order chi connectivity index (χ1) is 18.0. The number of nitrogens with zero attached hydrogens (tertiary/aromatic N) is 1. The summed E-state index contributed by atoms with van der Waals surface area (Å²) in [6.45, 7) is 4.06. The quantitative estimate of drug-likeness (QED) is 0.493. The van der Waals surface area contributed by atoms with Crippen molar-refractivity contribution in [3.8, 4) is 5.75 Å². The average molecular weight is 505 g/mol. The Bertz CT molecular complexity index is 1120. The van der Waals surface area contributed by atoms with Crippen molar-refractivity contribution in [2.75, 3.05) is 13.2 Å². The molecular weight excluding hydrogens is 468 g/mol.